The van der Waals surface area contributed by atoms with Crippen LogP contribution >= 0.6 is 0 Å². The third-order valence-corrected chi connectivity index (χ3v) is 3.95. The number of hydrogen-bond donors (Lipinski definition) is 2. The summed E-state index contributed by atoms with van der Waals surface area (Å²) in [5, 5.41) is 13.3. The van der Waals surface area contributed by atoms with E-state index in [0.717, 1.165) is 5.92 Å². The summed E-state index contributed by atoms with van der Waals surface area (Å²) in [4.78, 5) is 0. The molecule has 0 aliphatic heterocycles. The van der Waals surface area contributed by atoms with Crippen molar-refractivity contribution >= 4 is 0 Å². The number of ether oxygens (including phenoxy) is 2. The van der Waals surface area contributed by atoms with Crippen LogP contribution in [-0.2, 0) is 9.47 Å². The van der Waals surface area contributed by atoms with Crippen molar-refractivity contribution in [3.63, 3.8) is 0 Å². The zero-order chi connectivity index (χ0) is 13.9. The molecule has 1 fully saturated rings. The minimum Gasteiger partial charge on any atom is -0.389 e. The first-order valence-electron chi connectivity index (χ1n) is 7.83. The SMILES string of the molecule is CCOCCOCC(O)CNC1CCC(CC)CC1. The van der Waals surface area contributed by atoms with E-state index in [9.17, 15) is 5.11 Å². The molecule has 0 aromatic rings. The fourth-order valence-corrected chi connectivity index (χ4v) is 2.62. The van der Waals surface area contributed by atoms with E-state index in [2.05, 4.69) is 12.2 Å². The molecule has 0 aromatic carbocycles. The van der Waals surface area contributed by atoms with Gasteiger partial charge in [-0.05, 0) is 38.5 Å². The van der Waals surface area contributed by atoms with Crippen LogP contribution in [0.4, 0.5) is 0 Å². The van der Waals surface area contributed by atoms with Crippen LogP contribution in [-0.4, -0.2) is 50.2 Å². The molecule has 114 valence electrons. The maximum Gasteiger partial charge on any atom is 0.0897 e. The summed E-state index contributed by atoms with van der Waals surface area (Å²) < 4.78 is 10.5. The lowest BCUT2D eigenvalue weighted by molar-refractivity contribution is 0.00524. The highest BCUT2D eigenvalue weighted by atomic mass is 16.5. The molecule has 1 saturated carbocycles. The monoisotopic (exact) mass is 273 g/mol. The van der Waals surface area contributed by atoms with Gasteiger partial charge in [-0.15, -0.1) is 0 Å². The van der Waals surface area contributed by atoms with Crippen LogP contribution < -0.4 is 5.32 Å². The molecule has 1 aliphatic rings. The minimum absolute atomic E-state index is 0.393. The number of aliphatic hydroxyl groups is 1. The zero-order valence-electron chi connectivity index (χ0n) is 12.6. The first-order valence-corrected chi connectivity index (χ1v) is 7.83. The van der Waals surface area contributed by atoms with Crippen LogP contribution in [0.3, 0.4) is 0 Å². The molecule has 1 aliphatic carbocycles. The highest BCUT2D eigenvalue weighted by Crippen LogP contribution is 2.26. The lowest BCUT2D eigenvalue weighted by Gasteiger charge is -2.29. The summed E-state index contributed by atoms with van der Waals surface area (Å²) in [7, 11) is 0. The first kappa shape index (κ1) is 16.9. The maximum atomic E-state index is 9.81. The van der Waals surface area contributed by atoms with Gasteiger partial charge in [-0.25, -0.2) is 0 Å². The molecule has 4 heteroatoms. The summed E-state index contributed by atoms with van der Waals surface area (Å²) in [6.45, 7) is 7.16. The van der Waals surface area contributed by atoms with Gasteiger partial charge in [0.25, 0.3) is 0 Å². The van der Waals surface area contributed by atoms with Crippen LogP contribution in [0.15, 0.2) is 0 Å². The molecule has 0 heterocycles. The number of hydrogen-bond acceptors (Lipinski definition) is 4. The van der Waals surface area contributed by atoms with Gasteiger partial charge in [0.05, 0.1) is 25.9 Å². The molecule has 19 heavy (non-hydrogen) atoms. The molecule has 0 spiro atoms. The van der Waals surface area contributed by atoms with Gasteiger partial charge in [-0.1, -0.05) is 13.3 Å². The number of rotatable bonds is 10. The van der Waals surface area contributed by atoms with Crippen molar-refractivity contribution in [3.8, 4) is 0 Å². The Labute approximate surface area is 117 Å². The molecule has 0 radical (unpaired) electrons. The third-order valence-electron chi connectivity index (χ3n) is 3.95. The van der Waals surface area contributed by atoms with Crippen molar-refractivity contribution in [2.24, 2.45) is 5.92 Å². The van der Waals surface area contributed by atoms with E-state index in [1.807, 2.05) is 6.92 Å². The Balaban J connectivity index is 1.96. The summed E-state index contributed by atoms with van der Waals surface area (Å²) in [5.41, 5.74) is 0. The fourth-order valence-electron chi connectivity index (χ4n) is 2.62. The molecule has 0 bridgehead atoms. The van der Waals surface area contributed by atoms with Gasteiger partial charge in [0.1, 0.15) is 0 Å². The molecule has 2 N–H and O–H groups in total. The molecular weight excluding hydrogens is 242 g/mol. The molecule has 0 saturated heterocycles. The highest BCUT2D eigenvalue weighted by molar-refractivity contribution is 4.77. The Morgan fingerprint density at radius 3 is 2.42 bits per heavy atom. The Hall–Kier alpha value is -0.160. The Morgan fingerprint density at radius 1 is 1.11 bits per heavy atom. The molecule has 1 atom stereocenters. The van der Waals surface area contributed by atoms with E-state index in [4.69, 9.17) is 9.47 Å². The fraction of sp³-hybridized carbons (Fsp3) is 1.00. The van der Waals surface area contributed by atoms with Gasteiger partial charge < -0.3 is 19.9 Å². The average molecular weight is 273 g/mol. The van der Waals surface area contributed by atoms with Gasteiger partial charge in [0.2, 0.25) is 0 Å². The number of aliphatic hydroxyl groups excluding tert-OH is 1. The third kappa shape index (κ3) is 7.88. The van der Waals surface area contributed by atoms with Crippen molar-refractivity contribution in [1.82, 2.24) is 5.32 Å². The Kier molecular flexibility index (Phi) is 9.43. The summed E-state index contributed by atoms with van der Waals surface area (Å²) >= 11 is 0. The van der Waals surface area contributed by atoms with E-state index < -0.39 is 6.10 Å². The zero-order valence-corrected chi connectivity index (χ0v) is 12.6. The van der Waals surface area contributed by atoms with E-state index >= 15 is 0 Å². The Morgan fingerprint density at radius 2 is 1.79 bits per heavy atom. The molecule has 4 nitrogen and oxygen atoms in total. The van der Waals surface area contributed by atoms with Crippen LogP contribution in [0, 0.1) is 5.92 Å². The lowest BCUT2D eigenvalue weighted by Crippen LogP contribution is -2.39. The first-order chi connectivity index (χ1) is 9.26. The lowest BCUT2D eigenvalue weighted by atomic mass is 9.84. The maximum absolute atomic E-state index is 9.81. The average Bonchev–Trinajstić information content (AvgIpc) is 2.45. The van der Waals surface area contributed by atoms with Crippen molar-refractivity contribution in [2.75, 3.05) is 33.0 Å². The molecule has 1 unspecified atom stereocenters. The van der Waals surface area contributed by atoms with Crippen molar-refractivity contribution in [2.45, 2.75) is 58.1 Å². The van der Waals surface area contributed by atoms with Crippen molar-refractivity contribution < 1.29 is 14.6 Å². The van der Waals surface area contributed by atoms with Gasteiger partial charge in [-0.2, -0.15) is 0 Å². The second-order valence-electron chi connectivity index (χ2n) is 5.46. The van der Waals surface area contributed by atoms with Crippen molar-refractivity contribution in [1.29, 1.82) is 0 Å². The second-order valence-corrected chi connectivity index (χ2v) is 5.46. The van der Waals surface area contributed by atoms with Gasteiger partial charge in [0.15, 0.2) is 0 Å². The van der Waals surface area contributed by atoms with Crippen LogP contribution in [0.1, 0.15) is 46.0 Å². The second kappa shape index (κ2) is 10.6. The minimum atomic E-state index is -0.412. The van der Waals surface area contributed by atoms with E-state index in [0.29, 0.717) is 39.0 Å². The summed E-state index contributed by atoms with van der Waals surface area (Å²) in [6.07, 6.45) is 6.05. The summed E-state index contributed by atoms with van der Waals surface area (Å²) in [6, 6.07) is 0.584. The standard InChI is InChI=1S/C15H31NO3/c1-3-13-5-7-14(8-6-13)16-11-15(17)12-19-10-9-18-4-2/h13-17H,3-12H2,1-2H3. The molecule has 1 rings (SSSR count). The van der Waals surface area contributed by atoms with Gasteiger partial charge in [-0.3, -0.25) is 0 Å². The van der Waals surface area contributed by atoms with E-state index in [1.54, 1.807) is 0 Å². The van der Waals surface area contributed by atoms with Crippen LogP contribution in [0.5, 0.6) is 0 Å². The molecule has 0 aromatic heterocycles. The van der Waals surface area contributed by atoms with Crippen LogP contribution in [0.25, 0.3) is 0 Å². The molecule has 0 amide bonds. The van der Waals surface area contributed by atoms with E-state index in [1.165, 1.54) is 32.1 Å². The predicted molar refractivity (Wildman–Crippen MR) is 77.4 cm³/mol. The quantitative estimate of drug-likeness (QED) is 0.597. The van der Waals surface area contributed by atoms with E-state index in [-0.39, 0.29) is 0 Å². The van der Waals surface area contributed by atoms with Crippen molar-refractivity contribution in [3.05, 3.63) is 0 Å². The number of nitrogens with one attached hydrogen (secondary N) is 1. The Bertz CT molecular complexity index is 206. The van der Waals surface area contributed by atoms with Gasteiger partial charge >= 0.3 is 0 Å². The van der Waals surface area contributed by atoms with Gasteiger partial charge in [0, 0.05) is 19.2 Å². The molecular formula is C15H31NO3. The predicted octanol–water partition coefficient (Wildman–Crippen LogP) is 1.96. The van der Waals surface area contributed by atoms with Crippen LogP contribution in [0.2, 0.25) is 0 Å². The largest absolute Gasteiger partial charge is 0.389 e. The normalized spacial score (nSPS) is 25.4. The topological polar surface area (TPSA) is 50.7 Å². The smallest absolute Gasteiger partial charge is 0.0897 e. The summed E-state index contributed by atoms with van der Waals surface area (Å²) in [5.74, 6) is 0.921. The highest BCUT2D eigenvalue weighted by Gasteiger charge is 2.20.